The Bertz CT molecular complexity index is 453. The van der Waals surface area contributed by atoms with Crippen LogP contribution in [0.15, 0.2) is 12.1 Å². The van der Waals surface area contributed by atoms with E-state index in [4.69, 9.17) is 10.5 Å². The Kier molecular flexibility index (Phi) is 4.40. The summed E-state index contributed by atoms with van der Waals surface area (Å²) >= 11 is 0. The van der Waals surface area contributed by atoms with Crippen molar-refractivity contribution in [2.24, 2.45) is 0 Å². The topological polar surface area (TPSA) is 106 Å². The SMILES string of the molecule is CNc1ccc(C(=O)N(CC#N)CC#N)nn1. The Balaban J connectivity index is 2.86. The van der Waals surface area contributed by atoms with Gasteiger partial charge in [0.1, 0.15) is 18.9 Å². The molecule has 7 nitrogen and oxygen atoms in total. The molecule has 0 aliphatic carbocycles. The van der Waals surface area contributed by atoms with Gasteiger partial charge in [-0.05, 0) is 12.1 Å². The summed E-state index contributed by atoms with van der Waals surface area (Å²) in [6.45, 7) is -0.302. The molecule has 1 aromatic rings. The Morgan fingerprint density at radius 2 is 2.00 bits per heavy atom. The lowest BCUT2D eigenvalue weighted by atomic mass is 10.3. The van der Waals surface area contributed by atoms with Crippen molar-refractivity contribution in [1.29, 1.82) is 10.5 Å². The normalized spacial score (nSPS) is 8.88. The van der Waals surface area contributed by atoms with Gasteiger partial charge in [-0.2, -0.15) is 10.5 Å². The van der Waals surface area contributed by atoms with Crippen LogP contribution in [0.25, 0.3) is 0 Å². The van der Waals surface area contributed by atoms with Crippen molar-refractivity contribution in [3.05, 3.63) is 17.8 Å². The number of nitriles is 2. The quantitative estimate of drug-likeness (QED) is 0.730. The van der Waals surface area contributed by atoms with Gasteiger partial charge in [0.25, 0.3) is 5.91 Å². The van der Waals surface area contributed by atoms with Gasteiger partial charge in [0.05, 0.1) is 12.1 Å². The van der Waals surface area contributed by atoms with Crippen LogP contribution in [0.2, 0.25) is 0 Å². The first-order chi connectivity index (χ1) is 8.22. The van der Waals surface area contributed by atoms with Gasteiger partial charge in [-0.25, -0.2) is 0 Å². The summed E-state index contributed by atoms with van der Waals surface area (Å²) in [4.78, 5) is 12.9. The summed E-state index contributed by atoms with van der Waals surface area (Å²) in [5.74, 6) is 0.0527. The summed E-state index contributed by atoms with van der Waals surface area (Å²) in [6.07, 6.45) is 0. The maximum absolute atomic E-state index is 11.8. The second-order valence-corrected chi connectivity index (χ2v) is 3.03. The predicted molar refractivity (Wildman–Crippen MR) is 58.7 cm³/mol. The maximum Gasteiger partial charge on any atom is 0.276 e. The van der Waals surface area contributed by atoms with Crippen molar-refractivity contribution < 1.29 is 4.79 Å². The molecule has 1 aromatic heterocycles. The fraction of sp³-hybridized carbons (Fsp3) is 0.300. The minimum atomic E-state index is -0.483. The molecule has 0 bridgehead atoms. The molecule has 0 aliphatic rings. The summed E-state index contributed by atoms with van der Waals surface area (Å²) in [6, 6.07) is 6.72. The fourth-order valence-electron chi connectivity index (χ4n) is 1.11. The van der Waals surface area contributed by atoms with E-state index in [0.29, 0.717) is 5.82 Å². The van der Waals surface area contributed by atoms with Crippen LogP contribution >= 0.6 is 0 Å². The summed E-state index contributed by atoms with van der Waals surface area (Å²) < 4.78 is 0. The number of hydrogen-bond acceptors (Lipinski definition) is 6. The molecule has 86 valence electrons. The fourth-order valence-corrected chi connectivity index (χ4v) is 1.11. The minimum Gasteiger partial charge on any atom is -0.372 e. The third kappa shape index (κ3) is 3.14. The van der Waals surface area contributed by atoms with E-state index in [0.717, 1.165) is 4.90 Å². The molecule has 1 heterocycles. The zero-order valence-electron chi connectivity index (χ0n) is 9.21. The van der Waals surface area contributed by atoms with Gasteiger partial charge < -0.3 is 10.2 Å². The van der Waals surface area contributed by atoms with E-state index < -0.39 is 5.91 Å². The first-order valence-corrected chi connectivity index (χ1v) is 4.77. The smallest absolute Gasteiger partial charge is 0.276 e. The van der Waals surface area contributed by atoms with Crippen LogP contribution in [0.4, 0.5) is 5.82 Å². The highest BCUT2D eigenvalue weighted by atomic mass is 16.2. The van der Waals surface area contributed by atoms with Gasteiger partial charge in [-0.1, -0.05) is 0 Å². The number of hydrogen-bond donors (Lipinski definition) is 1. The van der Waals surface area contributed by atoms with Crippen LogP contribution in [0.3, 0.4) is 0 Å². The molecular weight excluding hydrogens is 220 g/mol. The van der Waals surface area contributed by atoms with Crippen molar-refractivity contribution in [1.82, 2.24) is 15.1 Å². The molecule has 0 unspecified atom stereocenters. The Morgan fingerprint density at radius 3 is 2.41 bits per heavy atom. The molecule has 0 aromatic carbocycles. The molecule has 0 radical (unpaired) electrons. The van der Waals surface area contributed by atoms with Crippen LogP contribution in [0, 0.1) is 22.7 Å². The molecule has 17 heavy (non-hydrogen) atoms. The molecule has 1 rings (SSSR count). The number of nitrogens with zero attached hydrogens (tertiary/aromatic N) is 5. The highest BCUT2D eigenvalue weighted by Gasteiger charge is 2.16. The molecule has 1 amide bonds. The average Bonchev–Trinajstić information content (AvgIpc) is 2.38. The van der Waals surface area contributed by atoms with Gasteiger partial charge in [0.15, 0.2) is 5.69 Å². The zero-order chi connectivity index (χ0) is 12.7. The third-order valence-corrected chi connectivity index (χ3v) is 1.95. The van der Waals surface area contributed by atoms with E-state index in [-0.39, 0.29) is 18.8 Å². The monoisotopic (exact) mass is 230 g/mol. The zero-order valence-corrected chi connectivity index (χ0v) is 9.21. The number of rotatable bonds is 4. The van der Waals surface area contributed by atoms with Crippen LogP contribution in [-0.4, -0.2) is 41.1 Å². The first kappa shape index (κ1) is 12.4. The summed E-state index contributed by atoms with van der Waals surface area (Å²) in [5, 5.41) is 27.3. The lowest BCUT2D eigenvalue weighted by Gasteiger charge is -2.14. The van der Waals surface area contributed by atoms with Crippen LogP contribution in [-0.2, 0) is 0 Å². The predicted octanol–water partition coefficient (Wildman–Crippen LogP) is 0.00766. The lowest BCUT2D eigenvalue weighted by molar-refractivity contribution is 0.0788. The van der Waals surface area contributed by atoms with E-state index in [2.05, 4.69) is 15.5 Å². The standard InChI is InChI=1S/C10H10N6O/c1-13-9-3-2-8(14-15-9)10(17)16(6-4-11)7-5-12/h2-3H,6-7H2,1H3,(H,13,15). The highest BCUT2D eigenvalue weighted by molar-refractivity contribution is 5.92. The lowest BCUT2D eigenvalue weighted by Crippen LogP contribution is -2.32. The molecule has 0 atom stereocenters. The molecule has 0 saturated heterocycles. The molecule has 0 spiro atoms. The molecule has 0 saturated carbocycles. The Hall–Kier alpha value is -2.67. The van der Waals surface area contributed by atoms with E-state index >= 15 is 0 Å². The van der Waals surface area contributed by atoms with Crippen molar-refractivity contribution in [3.8, 4) is 12.1 Å². The van der Waals surface area contributed by atoms with E-state index in [1.165, 1.54) is 6.07 Å². The Morgan fingerprint density at radius 1 is 1.35 bits per heavy atom. The van der Waals surface area contributed by atoms with Gasteiger partial charge in [0, 0.05) is 7.05 Å². The molecule has 1 N–H and O–H groups in total. The van der Waals surface area contributed by atoms with Crippen LogP contribution in [0.1, 0.15) is 10.5 Å². The first-order valence-electron chi connectivity index (χ1n) is 4.77. The van der Waals surface area contributed by atoms with Gasteiger partial charge >= 0.3 is 0 Å². The number of carbonyl (C=O) groups is 1. The number of amides is 1. The van der Waals surface area contributed by atoms with E-state index in [1.807, 2.05) is 12.1 Å². The minimum absolute atomic E-state index is 0.106. The van der Waals surface area contributed by atoms with Crippen LogP contribution in [0.5, 0.6) is 0 Å². The molecule has 0 aliphatic heterocycles. The van der Waals surface area contributed by atoms with Gasteiger partial charge in [-0.3, -0.25) is 4.79 Å². The number of anilines is 1. The average molecular weight is 230 g/mol. The van der Waals surface area contributed by atoms with Crippen LogP contribution < -0.4 is 5.32 Å². The summed E-state index contributed by atoms with van der Waals surface area (Å²) in [7, 11) is 1.68. The van der Waals surface area contributed by atoms with Gasteiger partial charge in [0.2, 0.25) is 0 Å². The summed E-state index contributed by atoms with van der Waals surface area (Å²) in [5.41, 5.74) is 0.106. The Labute approximate surface area is 98.3 Å². The van der Waals surface area contributed by atoms with Gasteiger partial charge in [-0.15, -0.1) is 10.2 Å². The second-order valence-electron chi connectivity index (χ2n) is 3.03. The third-order valence-electron chi connectivity index (χ3n) is 1.95. The molecule has 0 fully saturated rings. The largest absolute Gasteiger partial charge is 0.372 e. The van der Waals surface area contributed by atoms with E-state index in [9.17, 15) is 4.79 Å². The molecular formula is C10H10N6O. The van der Waals surface area contributed by atoms with E-state index in [1.54, 1.807) is 13.1 Å². The molecule has 7 heteroatoms. The highest BCUT2D eigenvalue weighted by Crippen LogP contribution is 2.04. The van der Waals surface area contributed by atoms with Crippen molar-refractivity contribution in [3.63, 3.8) is 0 Å². The number of nitrogens with one attached hydrogen (secondary N) is 1. The van der Waals surface area contributed by atoms with Crippen molar-refractivity contribution in [2.45, 2.75) is 0 Å². The second kappa shape index (κ2) is 6.03. The maximum atomic E-state index is 11.8. The number of carbonyl (C=O) groups excluding carboxylic acids is 1. The number of aromatic nitrogens is 2. The van der Waals surface area contributed by atoms with Crippen molar-refractivity contribution >= 4 is 11.7 Å². The van der Waals surface area contributed by atoms with Crippen molar-refractivity contribution in [2.75, 3.05) is 25.5 Å².